The van der Waals surface area contributed by atoms with Crippen LogP contribution in [0.25, 0.3) is 0 Å². The minimum absolute atomic E-state index is 0.101. The van der Waals surface area contributed by atoms with Crippen molar-refractivity contribution in [1.82, 2.24) is 4.98 Å². The van der Waals surface area contributed by atoms with Gasteiger partial charge in [0.05, 0.1) is 16.6 Å². The number of ether oxygens (including phenoxy) is 1. The topological polar surface area (TPSA) is 89.0 Å². The number of nitrogens with two attached hydrogens (primary N) is 1. The Hall–Kier alpha value is -2.65. The number of carbonyl (C=O) groups excluding carboxylic acids is 1. The Labute approximate surface area is 142 Å². The van der Waals surface area contributed by atoms with Crippen LogP contribution >= 0.6 is 11.6 Å². The zero-order valence-electron chi connectivity index (χ0n) is 12.6. The van der Waals surface area contributed by atoms with Crippen LogP contribution < -0.4 is 10.5 Å². The number of aromatic nitrogens is 1. The second-order valence-corrected chi connectivity index (χ2v) is 6.17. The molecular formula is C17H13ClFN3O2. The molecule has 2 aromatic rings. The molecular weight excluding hydrogens is 333 g/mol. The van der Waals surface area contributed by atoms with Crippen LogP contribution in [0.5, 0.6) is 11.5 Å². The van der Waals surface area contributed by atoms with Crippen LogP contribution in [0.1, 0.15) is 24.1 Å². The number of hydrogen-bond acceptors (Lipinski definition) is 4. The maximum absolute atomic E-state index is 14.8. The van der Waals surface area contributed by atoms with Crippen LogP contribution in [-0.4, -0.2) is 10.9 Å². The van der Waals surface area contributed by atoms with Gasteiger partial charge in [-0.25, -0.2) is 9.37 Å². The molecule has 0 aliphatic heterocycles. The first-order valence-electron chi connectivity index (χ1n) is 7.26. The molecule has 5 nitrogen and oxygen atoms in total. The van der Waals surface area contributed by atoms with E-state index in [0.717, 1.165) is 0 Å². The molecule has 0 bridgehead atoms. The van der Waals surface area contributed by atoms with Crippen LogP contribution in [0.4, 0.5) is 4.39 Å². The summed E-state index contributed by atoms with van der Waals surface area (Å²) in [6, 6.07) is 7.89. The molecule has 122 valence electrons. The fraction of sp³-hybridized carbons (Fsp3) is 0.235. The first kappa shape index (κ1) is 16.2. The van der Waals surface area contributed by atoms with Crippen LogP contribution in [-0.2, 0) is 11.2 Å². The smallest absolute Gasteiger partial charge is 0.223 e. The van der Waals surface area contributed by atoms with E-state index in [0.29, 0.717) is 18.4 Å². The summed E-state index contributed by atoms with van der Waals surface area (Å²) in [4.78, 5) is 15.4. The molecule has 1 aromatic carbocycles. The molecule has 7 heteroatoms. The lowest BCUT2D eigenvalue weighted by atomic mass is 9.95. The lowest BCUT2D eigenvalue weighted by Gasteiger charge is -2.15. The number of rotatable bonds is 5. The van der Waals surface area contributed by atoms with E-state index in [4.69, 9.17) is 27.3 Å². The van der Waals surface area contributed by atoms with Gasteiger partial charge >= 0.3 is 0 Å². The van der Waals surface area contributed by atoms with Gasteiger partial charge in [-0.3, -0.25) is 4.79 Å². The number of benzene rings is 1. The molecule has 1 aromatic heterocycles. The summed E-state index contributed by atoms with van der Waals surface area (Å²) in [5.41, 5.74) is 5.28. The molecule has 1 saturated carbocycles. The summed E-state index contributed by atoms with van der Waals surface area (Å²) in [7, 11) is 0. The van der Waals surface area contributed by atoms with Gasteiger partial charge in [0.15, 0.2) is 11.6 Å². The minimum atomic E-state index is -0.665. The fourth-order valence-corrected chi connectivity index (χ4v) is 2.64. The van der Waals surface area contributed by atoms with Gasteiger partial charge in [-0.2, -0.15) is 5.26 Å². The predicted molar refractivity (Wildman–Crippen MR) is 85.0 cm³/mol. The van der Waals surface area contributed by atoms with E-state index in [-0.39, 0.29) is 28.6 Å². The van der Waals surface area contributed by atoms with Gasteiger partial charge < -0.3 is 10.5 Å². The predicted octanol–water partition coefficient (Wildman–Crippen LogP) is 3.35. The molecule has 1 aliphatic carbocycles. The molecule has 1 amide bonds. The molecule has 0 saturated heterocycles. The third kappa shape index (κ3) is 3.03. The Kier molecular flexibility index (Phi) is 4.12. The van der Waals surface area contributed by atoms with Crippen LogP contribution in [0.3, 0.4) is 0 Å². The van der Waals surface area contributed by atoms with E-state index < -0.39 is 17.1 Å². The van der Waals surface area contributed by atoms with Gasteiger partial charge in [-0.15, -0.1) is 0 Å². The van der Waals surface area contributed by atoms with Crippen molar-refractivity contribution in [2.75, 3.05) is 0 Å². The standard InChI is InChI=1S/C17H13ClFN3O2/c18-13-4-1-10(7-17(5-6-17)16(21)23)14(19)15(13)24-12-3-2-11(8-20)22-9-12/h1-4,9H,5-7H2,(H2,21,23). The van der Waals surface area contributed by atoms with E-state index >= 15 is 0 Å². The van der Waals surface area contributed by atoms with Crippen LogP contribution in [0.15, 0.2) is 30.5 Å². The summed E-state index contributed by atoms with van der Waals surface area (Å²) in [5, 5.41) is 8.83. The van der Waals surface area contributed by atoms with E-state index in [1.165, 1.54) is 30.5 Å². The molecule has 0 radical (unpaired) electrons. The Morgan fingerprint density at radius 1 is 1.42 bits per heavy atom. The Balaban J connectivity index is 1.89. The lowest BCUT2D eigenvalue weighted by molar-refractivity contribution is -0.123. The second-order valence-electron chi connectivity index (χ2n) is 5.76. The molecule has 1 aliphatic rings. The molecule has 0 unspecified atom stereocenters. The van der Waals surface area contributed by atoms with Crippen molar-refractivity contribution in [2.45, 2.75) is 19.3 Å². The van der Waals surface area contributed by atoms with Crippen molar-refractivity contribution >= 4 is 17.5 Å². The number of hydrogen-bond donors (Lipinski definition) is 1. The average Bonchev–Trinajstić information content (AvgIpc) is 3.36. The van der Waals surface area contributed by atoms with Gasteiger partial charge in [0.1, 0.15) is 17.5 Å². The largest absolute Gasteiger partial charge is 0.451 e. The quantitative estimate of drug-likeness (QED) is 0.899. The maximum atomic E-state index is 14.8. The third-order valence-electron chi connectivity index (χ3n) is 4.10. The molecule has 1 heterocycles. The fourth-order valence-electron chi connectivity index (χ4n) is 2.45. The Morgan fingerprint density at radius 3 is 2.71 bits per heavy atom. The molecule has 1 fully saturated rings. The number of nitriles is 1. The van der Waals surface area contributed by atoms with Gasteiger partial charge in [0.2, 0.25) is 5.91 Å². The SMILES string of the molecule is N#Cc1ccc(Oc2c(Cl)ccc(CC3(C(N)=O)CC3)c2F)cn1. The number of primary amides is 1. The highest BCUT2D eigenvalue weighted by atomic mass is 35.5. The normalized spacial score (nSPS) is 14.7. The number of carbonyl (C=O) groups is 1. The summed E-state index contributed by atoms with van der Waals surface area (Å²) >= 11 is 6.03. The van der Waals surface area contributed by atoms with Crippen molar-refractivity contribution < 1.29 is 13.9 Å². The molecule has 2 N–H and O–H groups in total. The molecule has 0 spiro atoms. The van der Waals surface area contributed by atoms with Crippen LogP contribution in [0, 0.1) is 22.6 Å². The average molecular weight is 346 g/mol. The van der Waals surface area contributed by atoms with Crippen molar-refractivity contribution in [3.05, 3.63) is 52.6 Å². The first-order chi connectivity index (χ1) is 11.4. The summed E-state index contributed by atoms with van der Waals surface area (Å²) in [6.07, 6.45) is 2.83. The zero-order valence-corrected chi connectivity index (χ0v) is 13.3. The monoisotopic (exact) mass is 345 g/mol. The van der Waals surface area contributed by atoms with E-state index in [9.17, 15) is 9.18 Å². The van der Waals surface area contributed by atoms with Gasteiger partial charge in [0.25, 0.3) is 0 Å². The third-order valence-corrected chi connectivity index (χ3v) is 4.40. The second kappa shape index (κ2) is 6.10. The van der Waals surface area contributed by atoms with Gasteiger partial charge in [-0.1, -0.05) is 17.7 Å². The maximum Gasteiger partial charge on any atom is 0.223 e. The highest BCUT2D eigenvalue weighted by molar-refractivity contribution is 6.32. The lowest BCUT2D eigenvalue weighted by Crippen LogP contribution is -2.27. The van der Waals surface area contributed by atoms with Gasteiger partial charge in [-0.05, 0) is 43.0 Å². The summed E-state index contributed by atoms with van der Waals surface area (Å²) < 4.78 is 20.2. The molecule has 24 heavy (non-hydrogen) atoms. The van der Waals surface area contributed by atoms with Crippen molar-refractivity contribution in [1.29, 1.82) is 5.26 Å². The Morgan fingerprint density at radius 2 is 2.17 bits per heavy atom. The van der Waals surface area contributed by atoms with Crippen molar-refractivity contribution in [3.8, 4) is 17.6 Å². The van der Waals surface area contributed by atoms with E-state index in [1.54, 1.807) is 0 Å². The minimum Gasteiger partial charge on any atom is -0.451 e. The van der Waals surface area contributed by atoms with Crippen molar-refractivity contribution in [2.24, 2.45) is 11.1 Å². The number of halogens is 2. The van der Waals surface area contributed by atoms with Crippen molar-refractivity contribution in [3.63, 3.8) is 0 Å². The Bertz CT molecular complexity index is 842. The molecule has 3 rings (SSSR count). The number of nitrogens with zero attached hydrogens (tertiary/aromatic N) is 2. The molecule has 0 atom stereocenters. The summed E-state index contributed by atoms with van der Waals surface area (Å²) in [5.74, 6) is -0.932. The zero-order chi connectivity index (χ0) is 17.3. The number of amides is 1. The van der Waals surface area contributed by atoms with E-state index in [2.05, 4.69) is 4.98 Å². The highest BCUT2D eigenvalue weighted by Crippen LogP contribution is 2.49. The van der Waals surface area contributed by atoms with Crippen LogP contribution in [0.2, 0.25) is 5.02 Å². The number of pyridine rings is 1. The van der Waals surface area contributed by atoms with E-state index in [1.807, 2.05) is 6.07 Å². The van der Waals surface area contributed by atoms with Gasteiger partial charge in [0, 0.05) is 0 Å². The summed E-state index contributed by atoms with van der Waals surface area (Å²) in [6.45, 7) is 0. The first-order valence-corrected chi connectivity index (χ1v) is 7.64. The highest BCUT2D eigenvalue weighted by Gasteiger charge is 2.48.